The van der Waals surface area contributed by atoms with Crippen LogP contribution in [0.2, 0.25) is 0 Å². The van der Waals surface area contributed by atoms with E-state index in [-0.39, 0.29) is 5.75 Å². The molecule has 0 atom stereocenters. The van der Waals surface area contributed by atoms with Crippen LogP contribution in [-0.2, 0) is 0 Å². The van der Waals surface area contributed by atoms with Gasteiger partial charge in [0.05, 0.1) is 17.3 Å². The van der Waals surface area contributed by atoms with Crippen molar-refractivity contribution in [2.45, 2.75) is 0 Å². The smallest absolute Gasteiger partial charge is 0.126 e. The Morgan fingerprint density at radius 2 is 1.89 bits per heavy atom. The second-order valence-corrected chi connectivity index (χ2v) is 4.11. The molecule has 0 saturated heterocycles. The lowest BCUT2D eigenvalue weighted by molar-refractivity contribution is 0.477. The summed E-state index contributed by atoms with van der Waals surface area (Å²) in [6, 6.07) is 16.8. The second-order valence-electron chi connectivity index (χ2n) is 4.11. The minimum absolute atomic E-state index is 0.112. The number of aromatic hydroxyl groups is 1. The van der Waals surface area contributed by atoms with E-state index >= 15 is 0 Å². The first-order chi connectivity index (χ1) is 8.78. The molecule has 3 aromatic rings. The third kappa shape index (κ3) is 1.61. The molecular weight excluding hydrogens is 224 g/mol. The Kier molecular flexibility index (Phi) is 2.28. The molecule has 0 spiro atoms. The van der Waals surface area contributed by atoms with Crippen LogP contribution in [0, 0.1) is 11.3 Å². The Bertz CT molecular complexity index is 733. The Labute approximate surface area is 104 Å². The molecule has 0 aliphatic rings. The van der Waals surface area contributed by atoms with Crippen LogP contribution >= 0.6 is 0 Å². The van der Waals surface area contributed by atoms with E-state index in [0.717, 1.165) is 16.6 Å². The predicted octanol–water partition coefficient (Wildman–Crippen LogP) is 3.41. The van der Waals surface area contributed by atoms with Gasteiger partial charge in [0.15, 0.2) is 0 Å². The first-order valence-electron chi connectivity index (χ1n) is 5.59. The van der Waals surface area contributed by atoms with Gasteiger partial charge in [0.1, 0.15) is 5.75 Å². The van der Waals surface area contributed by atoms with Crippen molar-refractivity contribution in [2.75, 3.05) is 0 Å². The summed E-state index contributed by atoms with van der Waals surface area (Å²) in [5.74, 6) is 0.112. The zero-order chi connectivity index (χ0) is 12.5. The molecule has 3 nitrogen and oxygen atoms in total. The van der Waals surface area contributed by atoms with Crippen molar-refractivity contribution < 1.29 is 5.11 Å². The highest BCUT2D eigenvalue weighted by Gasteiger charge is 2.08. The Hall–Kier alpha value is -2.73. The fourth-order valence-corrected chi connectivity index (χ4v) is 2.05. The van der Waals surface area contributed by atoms with E-state index in [1.165, 1.54) is 6.07 Å². The highest BCUT2D eigenvalue weighted by molar-refractivity contribution is 5.87. The molecular formula is C15H10N2O. The number of nitrogens with zero attached hydrogens (tertiary/aromatic N) is 1. The molecule has 3 rings (SSSR count). The van der Waals surface area contributed by atoms with Crippen molar-refractivity contribution in [1.29, 1.82) is 5.26 Å². The van der Waals surface area contributed by atoms with E-state index in [1.54, 1.807) is 12.1 Å². The maximum Gasteiger partial charge on any atom is 0.126 e. The number of hydrogen-bond donors (Lipinski definition) is 2. The lowest BCUT2D eigenvalue weighted by Gasteiger charge is -2.01. The standard InChI is InChI=1S/C15H10N2O/c16-9-10-5-6-12(15(18)7-10)14-8-11-3-1-2-4-13(11)17-14/h1-8,17-18H. The third-order valence-corrected chi connectivity index (χ3v) is 2.95. The number of nitrogens with one attached hydrogen (secondary N) is 1. The zero-order valence-corrected chi connectivity index (χ0v) is 9.51. The first-order valence-corrected chi connectivity index (χ1v) is 5.59. The van der Waals surface area contributed by atoms with Crippen LogP contribution in [0.1, 0.15) is 5.56 Å². The molecule has 0 aliphatic heterocycles. The van der Waals surface area contributed by atoms with Crippen LogP contribution in [0.25, 0.3) is 22.2 Å². The summed E-state index contributed by atoms with van der Waals surface area (Å²) in [4.78, 5) is 3.25. The van der Waals surface area contributed by atoms with Gasteiger partial charge < -0.3 is 10.1 Å². The maximum absolute atomic E-state index is 9.93. The van der Waals surface area contributed by atoms with Gasteiger partial charge in [-0.1, -0.05) is 18.2 Å². The number of nitriles is 1. The molecule has 1 heterocycles. The van der Waals surface area contributed by atoms with Crippen LogP contribution in [0.3, 0.4) is 0 Å². The summed E-state index contributed by atoms with van der Waals surface area (Å²) in [6.45, 7) is 0. The van der Waals surface area contributed by atoms with E-state index < -0.39 is 0 Å². The number of aromatic amines is 1. The highest BCUT2D eigenvalue weighted by Crippen LogP contribution is 2.31. The van der Waals surface area contributed by atoms with Crippen LogP contribution in [-0.4, -0.2) is 10.1 Å². The molecule has 18 heavy (non-hydrogen) atoms. The summed E-state index contributed by atoms with van der Waals surface area (Å²) in [7, 11) is 0. The Balaban J connectivity index is 2.17. The SMILES string of the molecule is N#Cc1ccc(-c2cc3ccccc3[nH]2)c(O)c1. The number of H-pyrrole nitrogens is 1. The van der Waals surface area contributed by atoms with Crippen LogP contribution in [0.4, 0.5) is 0 Å². The molecule has 86 valence electrons. The van der Waals surface area contributed by atoms with Crippen LogP contribution in [0.15, 0.2) is 48.5 Å². The van der Waals surface area contributed by atoms with Crippen LogP contribution < -0.4 is 0 Å². The van der Waals surface area contributed by atoms with Gasteiger partial charge >= 0.3 is 0 Å². The van der Waals surface area contributed by atoms with Crippen molar-refractivity contribution in [3.63, 3.8) is 0 Å². The quantitative estimate of drug-likeness (QED) is 0.677. The maximum atomic E-state index is 9.93. The molecule has 0 aliphatic carbocycles. The molecule has 0 saturated carbocycles. The minimum atomic E-state index is 0.112. The van der Waals surface area contributed by atoms with Gasteiger partial charge in [-0.15, -0.1) is 0 Å². The van der Waals surface area contributed by atoms with E-state index in [9.17, 15) is 5.11 Å². The van der Waals surface area contributed by atoms with Gasteiger partial charge in [0.2, 0.25) is 0 Å². The number of benzene rings is 2. The molecule has 1 aromatic heterocycles. The predicted molar refractivity (Wildman–Crippen MR) is 70.1 cm³/mol. The average molecular weight is 234 g/mol. The van der Waals surface area contributed by atoms with Gasteiger partial charge in [-0.3, -0.25) is 0 Å². The Morgan fingerprint density at radius 3 is 2.61 bits per heavy atom. The second kappa shape index (κ2) is 3.94. The first kappa shape index (κ1) is 10.4. The topological polar surface area (TPSA) is 59.8 Å². The van der Waals surface area contributed by atoms with E-state index in [2.05, 4.69) is 4.98 Å². The van der Waals surface area contributed by atoms with Gasteiger partial charge in [0, 0.05) is 16.5 Å². The summed E-state index contributed by atoms with van der Waals surface area (Å²) in [6.07, 6.45) is 0. The van der Waals surface area contributed by atoms with Gasteiger partial charge in [0.25, 0.3) is 0 Å². The molecule has 0 bridgehead atoms. The zero-order valence-electron chi connectivity index (χ0n) is 9.51. The number of rotatable bonds is 1. The molecule has 0 radical (unpaired) electrons. The highest BCUT2D eigenvalue weighted by atomic mass is 16.3. The summed E-state index contributed by atoms with van der Waals surface area (Å²) in [5, 5.41) is 19.8. The summed E-state index contributed by atoms with van der Waals surface area (Å²) < 4.78 is 0. The minimum Gasteiger partial charge on any atom is -0.507 e. The van der Waals surface area contributed by atoms with Crippen molar-refractivity contribution in [2.24, 2.45) is 0 Å². The summed E-state index contributed by atoms with van der Waals surface area (Å²) >= 11 is 0. The van der Waals surface area contributed by atoms with Crippen LogP contribution in [0.5, 0.6) is 5.75 Å². The van der Waals surface area contributed by atoms with Gasteiger partial charge in [-0.2, -0.15) is 5.26 Å². The normalized spacial score (nSPS) is 10.4. The molecule has 0 amide bonds. The summed E-state index contributed by atoms with van der Waals surface area (Å²) in [5.41, 5.74) is 3.02. The fourth-order valence-electron chi connectivity index (χ4n) is 2.05. The van der Waals surface area contributed by atoms with Crippen molar-refractivity contribution in [1.82, 2.24) is 4.98 Å². The fraction of sp³-hybridized carbons (Fsp3) is 0. The number of aromatic nitrogens is 1. The van der Waals surface area contributed by atoms with E-state index in [1.807, 2.05) is 36.4 Å². The molecule has 2 N–H and O–H groups in total. The monoisotopic (exact) mass is 234 g/mol. The molecule has 0 unspecified atom stereocenters. The Morgan fingerprint density at radius 1 is 1.06 bits per heavy atom. The number of fused-ring (bicyclic) bond motifs is 1. The molecule has 3 heteroatoms. The average Bonchev–Trinajstić information content (AvgIpc) is 2.81. The third-order valence-electron chi connectivity index (χ3n) is 2.95. The van der Waals surface area contributed by atoms with E-state index in [4.69, 9.17) is 5.26 Å². The molecule has 2 aromatic carbocycles. The lowest BCUT2D eigenvalue weighted by atomic mass is 10.1. The largest absolute Gasteiger partial charge is 0.507 e. The van der Waals surface area contributed by atoms with Crippen molar-refractivity contribution in [3.8, 4) is 23.1 Å². The van der Waals surface area contributed by atoms with Crippen molar-refractivity contribution in [3.05, 3.63) is 54.1 Å². The van der Waals surface area contributed by atoms with E-state index in [0.29, 0.717) is 11.1 Å². The number of para-hydroxylation sites is 1. The number of phenolic OH excluding ortho intramolecular Hbond substituents is 1. The lowest BCUT2D eigenvalue weighted by Crippen LogP contribution is -1.81. The number of hydrogen-bond acceptors (Lipinski definition) is 2. The molecule has 0 fully saturated rings. The number of phenols is 1. The van der Waals surface area contributed by atoms with Gasteiger partial charge in [-0.05, 0) is 30.3 Å². The van der Waals surface area contributed by atoms with Gasteiger partial charge in [-0.25, -0.2) is 0 Å². The van der Waals surface area contributed by atoms with Crippen molar-refractivity contribution >= 4 is 10.9 Å².